The zero-order chi connectivity index (χ0) is 24.0. The summed E-state index contributed by atoms with van der Waals surface area (Å²) in [5.74, 6) is 4.22. The molecule has 0 aliphatic heterocycles. The van der Waals surface area contributed by atoms with Crippen molar-refractivity contribution in [3.63, 3.8) is 0 Å². The minimum atomic E-state index is -4.49. The number of nitrogens with zero attached hydrogens (tertiary/aromatic N) is 2. The lowest BCUT2D eigenvalue weighted by Gasteiger charge is -2.28. The molecule has 1 unspecified atom stereocenters. The maximum Gasteiger partial charge on any atom is 0.405 e. The summed E-state index contributed by atoms with van der Waals surface area (Å²) in [4.78, 5) is 18.6. The molecule has 4 rings (SSSR count). The van der Waals surface area contributed by atoms with Crippen molar-refractivity contribution in [2.75, 3.05) is 4.90 Å². The second-order valence-corrected chi connectivity index (χ2v) is 7.95. The van der Waals surface area contributed by atoms with Crippen molar-refractivity contribution in [2.45, 2.75) is 31.7 Å². The number of fused-ring (bicyclic) bond motifs is 1. The van der Waals surface area contributed by atoms with E-state index >= 15 is 0 Å². The Morgan fingerprint density at radius 3 is 2.48 bits per heavy atom. The van der Waals surface area contributed by atoms with Crippen LogP contribution in [0.1, 0.15) is 18.4 Å². The number of aromatic nitrogens is 2. The summed E-state index contributed by atoms with van der Waals surface area (Å²) in [5, 5.41) is 0.372. The van der Waals surface area contributed by atoms with Crippen LogP contribution in [0.25, 0.3) is 10.9 Å². The van der Waals surface area contributed by atoms with Crippen LogP contribution in [0.4, 0.5) is 37.8 Å². The number of H-pyrrole nitrogens is 1. The molecule has 3 aromatic rings. The van der Waals surface area contributed by atoms with Crippen LogP contribution in [0.15, 0.2) is 47.3 Å². The van der Waals surface area contributed by atoms with Crippen LogP contribution in [0.2, 0.25) is 5.02 Å². The maximum absolute atomic E-state index is 14.8. The number of halogens is 7. The van der Waals surface area contributed by atoms with Crippen LogP contribution >= 0.6 is 11.6 Å². The molecule has 1 atom stereocenters. The summed E-state index contributed by atoms with van der Waals surface area (Å²) in [5.41, 5.74) is -2.98. The number of rotatable bonds is 4. The van der Waals surface area contributed by atoms with E-state index in [1.807, 2.05) is 0 Å². The van der Waals surface area contributed by atoms with E-state index in [1.54, 1.807) is 0 Å². The van der Waals surface area contributed by atoms with Crippen molar-refractivity contribution in [3.8, 4) is 11.8 Å². The van der Waals surface area contributed by atoms with Gasteiger partial charge in [0.1, 0.15) is 5.41 Å². The fraction of sp³-hybridized carbons (Fsp3) is 0.273. The molecule has 0 bridgehead atoms. The molecular weight excluding hydrogens is 472 g/mol. The van der Waals surface area contributed by atoms with Gasteiger partial charge in [0, 0.05) is 21.7 Å². The van der Waals surface area contributed by atoms with E-state index in [1.165, 1.54) is 42.5 Å². The van der Waals surface area contributed by atoms with Crippen molar-refractivity contribution < 1.29 is 26.3 Å². The highest BCUT2D eigenvalue weighted by Crippen LogP contribution is 2.57. The normalized spacial score (nSPS) is 15.8. The summed E-state index contributed by atoms with van der Waals surface area (Å²) in [7, 11) is 0. The van der Waals surface area contributed by atoms with Crippen LogP contribution < -0.4 is 10.6 Å². The predicted molar refractivity (Wildman–Crippen MR) is 111 cm³/mol. The third kappa shape index (κ3) is 4.50. The van der Waals surface area contributed by atoms with Gasteiger partial charge in [-0.2, -0.15) is 18.2 Å². The summed E-state index contributed by atoms with van der Waals surface area (Å²) in [6.45, 7) is 0. The number of aromatic amines is 1. The second-order valence-electron chi connectivity index (χ2n) is 7.51. The first-order valence-electron chi connectivity index (χ1n) is 9.62. The minimum absolute atomic E-state index is 0.0617. The standard InChI is InChI=1S/C22H14ClF6N3O/c23-13-4-5-15-16(11-13)30-20(33)31-19(15)32(18(26)17(24)25)14-3-1-2-12(10-14)6-7-21(8-9-21)22(27,28)29/h1-5,10-11,17-18H,8-9H2,(H,30,31,33). The Labute approximate surface area is 188 Å². The van der Waals surface area contributed by atoms with E-state index in [0.717, 1.165) is 0 Å². The first-order valence-corrected chi connectivity index (χ1v) is 10.00. The quantitative estimate of drug-likeness (QED) is 0.281. The maximum atomic E-state index is 14.8. The van der Waals surface area contributed by atoms with Crippen molar-refractivity contribution in [3.05, 3.63) is 63.5 Å². The van der Waals surface area contributed by atoms with E-state index in [4.69, 9.17) is 11.6 Å². The van der Waals surface area contributed by atoms with Crippen LogP contribution in [0, 0.1) is 17.3 Å². The van der Waals surface area contributed by atoms with Crippen molar-refractivity contribution >= 4 is 34.0 Å². The van der Waals surface area contributed by atoms with Gasteiger partial charge >= 0.3 is 11.9 Å². The summed E-state index contributed by atoms with van der Waals surface area (Å²) in [6.07, 6.45) is -11.1. The average Bonchev–Trinajstić information content (AvgIpc) is 3.53. The molecule has 172 valence electrons. The molecule has 1 fully saturated rings. The Bertz CT molecular complexity index is 1320. The van der Waals surface area contributed by atoms with Crippen molar-refractivity contribution in [1.82, 2.24) is 9.97 Å². The van der Waals surface area contributed by atoms with Gasteiger partial charge in [-0.05, 0) is 49.2 Å². The van der Waals surface area contributed by atoms with Crippen LogP contribution in [-0.4, -0.2) is 28.9 Å². The van der Waals surface area contributed by atoms with Gasteiger partial charge in [0.25, 0.3) is 6.43 Å². The predicted octanol–water partition coefficient (Wildman–Crippen LogP) is 5.97. The molecule has 1 aliphatic rings. The van der Waals surface area contributed by atoms with E-state index in [2.05, 4.69) is 21.8 Å². The van der Waals surface area contributed by atoms with E-state index in [0.29, 0.717) is 4.90 Å². The van der Waals surface area contributed by atoms with E-state index in [9.17, 15) is 31.1 Å². The number of benzene rings is 2. The number of alkyl halides is 6. The molecule has 0 saturated heterocycles. The molecule has 1 saturated carbocycles. The van der Waals surface area contributed by atoms with Crippen LogP contribution in [0.5, 0.6) is 0 Å². The molecule has 0 spiro atoms. The lowest BCUT2D eigenvalue weighted by atomic mass is 10.1. The third-order valence-corrected chi connectivity index (χ3v) is 5.45. The number of hydrogen-bond donors (Lipinski definition) is 1. The van der Waals surface area contributed by atoms with E-state index in [-0.39, 0.29) is 40.0 Å². The van der Waals surface area contributed by atoms with Crippen molar-refractivity contribution in [2.24, 2.45) is 5.41 Å². The molecule has 0 amide bonds. The zero-order valence-corrected chi connectivity index (χ0v) is 17.3. The lowest BCUT2D eigenvalue weighted by Crippen LogP contribution is -2.35. The van der Waals surface area contributed by atoms with Gasteiger partial charge in [0.2, 0.25) is 6.30 Å². The van der Waals surface area contributed by atoms with Gasteiger partial charge in [-0.25, -0.2) is 18.0 Å². The Morgan fingerprint density at radius 2 is 1.85 bits per heavy atom. The highest BCUT2D eigenvalue weighted by atomic mass is 35.5. The Kier molecular flexibility index (Phi) is 5.78. The van der Waals surface area contributed by atoms with Crippen LogP contribution in [0.3, 0.4) is 0 Å². The SMILES string of the molecule is O=c1nc(N(c2cccc(C#CC3(C(F)(F)F)CC3)c2)C(F)C(F)F)c2ccc(Cl)cc2[nH]1. The first-order chi connectivity index (χ1) is 15.5. The van der Waals surface area contributed by atoms with Crippen LogP contribution in [-0.2, 0) is 0 Å². The fourth-order valence-corrected chi connectivity index (χ4v) is 3.49. The number of hydrogen-bond acceptors (Lipinski definition) is 3. The highest BCUT2D eigenvalue weighted by molar-refractivity contribution is 6.31. The minimum Gasteiger partial charge on any atom is -0.305 e. The molecule has 1 N–H and O–H groups in total. The molecular formula is C22H14ClF6N3O. The van der Waals surface area contributed by atoms with Gasteiger partial charge in [-0.3, -0.25) is 4.90 Å². The lowest BCUT2D eigenvalue weighted by molar-refractivity contribution is -0.168. The zero-order valence-electron chi connectivity index (χ0n) is 16.6. The largest absolute Gasteiger partial charge is 0.405 e. The fourth-order valence-electron chi connectivity index (χ4n) is 3.32. The van der Waals surface area contributed by atoms with Gasteiger partial charge in [0.05, 0.1) is 5.52 Å². The molecule has 4 nitrogen and oxygen atoms in total. The third-order valence-electron chi connectivity index (χ3n) is 5.22. The topological polar surface area (TPSA) is 49.0 Å². The molecule has 0 radical (unpaired) electrons. The highest BCUT2D eigenvalue weighted by Gasteiger charge is 2.62. The second kappa shape index (κ2) is 8.30. The van der Waals surface area contributed by atoms with Gasteiger partial charge in [-0.1, -0.05) is 29.5 Å². The smallest absolute Gasteiger partial charge is 0.305 e. The molecule has 11 heteroatoms. The molecule has 1 heterocycles. The summed E-state index contributed by atoms with van der Waals surface area (Å²) >= 11 is 5.92. The molecule has 33 heavy (non-hydrogen) atoms. The molecule has 1 aliphatic carbocycles. The average molecular weight is 486 g/mol. The number of anilines is 2. The summed E-state index contributed by atoms with van der Waals surface area (Å²) in [6, 6.07) is 9.29. The van der Waals surface area contributed by atoms with E-state index < -0.39 is 35.8 Å². The Balaban J connectivity index is 1.84. The first kappa shape index (κ1) is 23.0. The summed E-state index contributed by atoms with van der Waals surface area (Å²) < 4.78 is 81.1. The van der Waals surface area contributed by atoms with Gasteiger partial charge in [-0.15, -0.1) is 0 Å². The Hall–Kier alpha value is -3.19. The monoisotopic (exact) mass is 485 g/mol. The Morgan fingerprint density at radius 1 is 1.12 bits per heavy atom. The van der Waals surface area contributed by atoms with Gasteiger partial charge in [0.15, 0.2) is 5.82 Å². The van der Waals surface area contributed by atoms with Crippen molar-refractivity contribution in [1.29, 1.82) is 0 Å². The number of nitrogens with one attached hydrogen (secondary N) is 1. The molecule has 2 aromatic carbocycles. The van der Waals surface area contributed by atoms with Gasteiger partial charge < -0.3 is 4.98 Å². The molecule has 1 aromatic heterocycles.